The van der Waals surface area contributed by atoms with Crippen LogP contribution in [0.25, 0.3) is 11.0 Å². The van der Waals surface area contributed by atoms with Gasteiger partial charge in [-0.25, -0.2) is 18.6 Å². The van der Waals surface area contributed by atoms with E-state index in [0.29, 0.717) is 11.0 Å². The molecule has 0 atom stereocenters. The van der Waals surface area contributed by atoms with Crippen LogP contribution in [0.1, 0.15) is 5.56 Å². The topological polar surface area (TPSA) is 118 Å². The van der Waals surface area contributed by atoms with Crippen LogP contribution in [0.2, 0.25) is 0 Å². The van der Waals surface area contributed by atoms with Crippen molar-refractivity contribution in [2.45, 2.75) is 4.90 Å². The Bertz CT molecular complexity index is 1150. The molecule has 0 fully saturated rings. The lowest BCUT2D eigenvalue weighted by Gasteiger charge is -2.05. The van der Waals surface area contributed by atoms with E-state index in [9.17, 15) is 18.0 Å². The first-order chi connectivity index (χ1) is 13.0. The van der Waals surface area contributed by atoms with Crippen LogP contribution in [0.5, 0.6) is 0 Å². The number of para-hydroxylation sites is 1. The van der Waals surface area contributed by atoms with Gasteiger partial charge in [0.15, 0.2) is 0 Å². The van der Waals surface area contributed by atoms with Gasteiger partial charge in [0, 0.05) is 0 Å². The molecule has 27 heavy (non-hydrogen) atoms. The number of sulfonamides is 1. The predicted molar refractivity (Wildman–Crippen MR) is 99.9 cm³/mol. The molecule has 1 heterocycles. The first-order valence-corrected chi connectivity index (χ1v) is 9.33. The fraction of sp³-hybridized carbons (Fsp3) is 0.0556. The van der Waals surface area contributed by atoms with E-state index in [2.05, 4.69) is 15.2 Å². The largest absolute Gasteiger partial charge is 0.463 e. The third kappa shape index (κ3) is 4.46. The van der Waals surface area contributed by atoms with Gasteiger partial charge >= 0.3 is 0 Å². The third-order valence-corrected chi connectivity index (χ3v) is 4.99. The van der Waals surface area contributed by atoms with Crippen LogP contribution in [-0.2, 0) is 14.8 Å². The van der Waals surface area contributed by atoms with Crippen LogP contribution >= 0.6 is 0 Å². The third-order valence-electron chi connectivity index (χ3n) is 3.58. The van der Waals surface area contributed by atoms with Gasteiger partial charge in [0.05, 0.1) is 28.6 Å². The maximum Gasteiger partial charge on any atom is 0.255 e. The molecule has 3 aromatic rings. The molecule has 0 bridgehead atoms. The van der Waals surface area contributed by atoms with E-state index >= 15 is 0 Å². The van der Waals surface area contributed by atoms with E-state index in [4.69, 9.17) is 4.42 Å². The molecule has 1 amide bonds. The van der Waals surface area contributed by atoms with Crippen molar-refractivity contribution in [3.05, 3.63) is 76.6 Å². The number of carbonyl (C=O) groups excluding carboxylic acids is 1. The molecule has 0 unspecified atom stereocenters. The number of hydrogen-bond acceptors (Lipinski definition) is 6. The smallest absolute Gasteiger partial charge is 0.255 e. The SMILES string of the molecule is O=C(CNS(=O)(=O)c1ccccc1)N/N=C/c1coc2ccccc2c1=O. The van der Waals surface area contributed by atoms with Gasteiger partial charge in [0.2, 0.25) is 15.5 Å². The summed E-state index contributed by atoms with van der Waals surface area (Å²) in [6.07, 6.45) is 2.38. The molecular weight excluding hydrogens is 370 g/mol. The quantitative estimate of drug-likeness (QED) is 0.489. The zero-order valence-corrected chi connectivity index (χ0v) is 14.8. The standard InChI is InChI=1S/C18H15N3O5S/c22-17(11-20-27(24,25)14-6-2-1-3-7-14)21-19-10-13-12-26-16-9-5-4-8-15(16)18(13)23/h1-10,12,20H,11H2,(H,21,22)/b19-10+. The summed E-state index contributed by atoms with van der Waals surface area (Å²) in [6.45, 7) is -0.499. The zero-order chi connectivity index (χ0) is 19.3. The summed E-state index contributed by atoms with van der Waals surface area (Å²) in [4.78, 5) is 24.1. The normalized spacial score (nSPS) is 11.7. The number of hydrazone groups is 1. The summed E-state index contributed by atoms with van der Waals surface area (Å²) in [5.41, 5.74) is 2.46. The zero-order valence-electron chi connectivity index (χ0n) is 14.0. The fourth-order valence-corrected chi connectivity index (χ4v) is 3.24. The Morgan fingerprint density at radius 2 is 1.78 bits per heavy atom. The fourth-order valence-electron chi connectivity index (χ4n) is 2.24. The minimum absolute atomic E-state index is 0.0510. The first-order valence-electron chi connectivity index (χ1n) is 7.84. The Morgan fingerprint density at radius 1 is 1.07 bits per heavy atom. The number of carbonyl (C=O) groups is 1. The number of fused-ring (bicyclic) bond motifs is 1. The van der Waals surface area contributed by atoms with Crippen LogP contribution in [0.3, 0.4) is 0 Å². The Hall–Kier alpha value is -3.30. The maximum atomic E-state index is 12.3. The number of rotatable bonds is 6. The van der Waals surface area contributed by atoms with Gasteiger partial charge in [-0.3, -0.25) is 9.59 Å². The summed E-state index contributed by atoms with van der Waals surface area (Å²) >= 11 is 0. The molecule has 2 aromatic carbocycles. The van der Waals surface area contributed by atoms with Crippen molar-refractivity contribution >= 4 is 33.1 Å². The highest BCUT2D eigenvalue weighted by molar-refractivity contribution is 7.89. The second-order valence-corrected chi connectivity index (χ2v) is 7.21. The van der Waals surface area contributed by atoms with Gasteiger partial charge in [-0.15, -0.1) is 0 Å². The summed E-state index contributed by atoms with van der Waals surface area (Å²) in [6, 6.07) is 14.4. The summed E-state index contributed by atoms with van der Waals surface area (Å²) in [5, 5.41) is 4.06. The number of nitrogens with zero attached hydrogens (tertiary/aromatic N) is 1. The predicted octanol–water partition coefficient (Wildman–Crippen LogP) is 1.22. The lowest BCUT2D eigenvalue weighted by molar-refractivity contribution is -0.119. The van der Waals surface area contributed by atoms with Crippen molar-refractivity contribution < 1.29 is 17.6 Å². The molecule has 3 rings (SSSR count). The minimum atomic E-state index is -3.79. The van der Waals surface area contributed by atoms with Crippen molar-refractivity contribution in [2.24, 2.45) is 5.10 Å². The Kier molecular flexibility index (Phi) is 5.43. The van der Waals surface area contributed by atoms with Gasteiger partial charge in [-0.05, 0) is 24.3 Å². The average Bonchev–Trinajstić information content (AvgIpc) is 2.69. The van der Waals surface area contributed by atoms with Crippen molar-refractivity contribution in [3.63, 3.8) is 0 Å². The van der Waals surface area contributed by atoms with Crippen molar-refractivity contribution in [3.8, 4) is 0 Å². The summed E-state index contributed by atoms with van der Waals surface area (Å²) in [5.74, 6) is -0.684. The maximum absolute atomic E-state index is 12.3. The second kappa shape index (κ2) is 7.94. The van der Waals surface area contributed by atoms with Crippen LogP contribution < -0.4 is 15.6 Å². The van der Waals surface area contributed by atoms with Crippen molar-refractivity contribution in [2.75, 3.05) is 6.54 Å². The Morgan fingerprint density at radius 3 is 2.56 bits per heavy atom. The number of nitrogens with one attached hydrogen (secondary N) is 2. The van der Waals surface area contributed by atoms with Crippen molar-refractivity contribution in [1.82, 2.24) is 10.1 Å². The van der Waals surface area contributed by atoms with E-state index in [1.54, 1.807) is 42.5 Å². The molecule has 0 aliphatic carbocycles. The lowest BCUT2D eigenvalue weighted by atomic mass is 10.2. The van der Waals surface area contributed by atoms with Gasteiger partial charge in [-0.1, -0.05) is 30.3 Å². The van der Waals surface area contributed by atoms with Crippen LogP contribution in [0.15, 0.2) is 80.1 Å². The van der Waals surface area contributed by atoms with E-state index < -0.39 is 22.5 Å². The van der Waals surface area contributed by atoms with Crippen molar-refractivity contribution in [1.29, 1.82) is 0 Å². The Balaban J connectivity index is 1.61. The lowest BCUT2D eigenvalue weighted by Crippen LogP contribution is -2.35. The monoisotopic (exact) mass is 385 g/mol. The summed E-state index contributed by atoms with van der Waals surface area (Å²) < 4.78 is 31.5. The molecule has 1 aromatic heterocycles. The molecule has 9 heteroatoms. The molecule has 0 saturated heterocycles. The molecule has 0 radical (unpaired) electrons. The molecule has 0 aliphatic rings. The molecule has 8 nitrogen and oxygen atoms in total. The Labute approximate surface area is 154 Å². The van der Waals surface area contributed by atoms with Gasteiger partial charge in [0.1, 0.15) is 11.8 Å². The second-order valence-electron chi connectivity index (χ2n) is 5.45. The summed E-state index contributed by atoms with van der Waals surface area (Å²) in [7, 11) is -3.79. The highest BCUT2D eigenvalue weighted by atomic mass is 32.2. The average molecular weight is 385 g/mol. The first kappa shape index (κ1) is 18.5. The molecular formula is C18H15N3O5S. The van der Waals surface area contributed by atoms with E-state index in [1.165, 1.54) is 18.4 Å². The molecule has 2 N–H and O–H groups in total. The number of hydrogen-bond donors (Lipinski definition) is 2. The number of amides is 1. The van der Waals surface area contributed by atoms with E-state index in [-0.39, 0.29) is 15.9 Å². The molecule has 138 valence electrons. The van der Waals surface area contributed by atoms with Crippen LogP contribution in [-0.4, -0.2) is 27.1 Å². The minimum Gasteiger partial charge on any atom is -0.463 e. The van der Waals surface area contributed by atoms with E-state index in [1.807, 2.05) is 0 Å². The van der Waals surface area contributed by atoms with Crippen LogP contribution in [0, 0.1) is 0 Å². The molecule has 0 aliphatic heterocycles. The molecule has 0 saturated carbocycles. The highest BCUT2D eigenvalue weighted by Gasteiger charge is 2.14. The van der Waals surface area contributed by atoms with Gasteiger partial charge < -0.3 is 4.42 Å². The highest BCUT2D eigenvalue weighted by Crippen LogP contribution is 2.09. The van der Waals surface area contributed by atoms with E-state index in [0.717, 1.165) is 6.21 Å². The van der Waals surface area contributed by atoms with Gasteiger partial charge in [-0.2, -0.15) is 5.10 Å². The van der Waals surface area contributed by atoms with Gasteiger partial charge in [0.25, 0.3) is 5.91 Å². The molecule has 0 spiro atoms. The van der Waals surface area contributed by atoms with Crippen LogP contribution in [0.4, 0.5) is 0 Å². The number of benzene rings is 2.